The second-order valence-electron chi connectivity index (χ2n) is 8.45. The van der Waals surface area contributed by atoms with Crippen LogP contribution in [-0.4, -0.2) is 67.4 Å². The van der Waals surface area contributed by atoms with E-state index < -0.39 is 0 Å². The van der Waals surface area contributed by atoms with Crippen LogP contribution < -0.4 is 20.3 Å². The van der Waals surface area contributed by atoms with Crippen LogP contribution in [0.1, 0.15) is 24.4 Å². The van der Waals surface area contributed by atoms with E-state index in [1.807, 2.05) is 18.2 Å². The molecule has 4 rings (SSSR count). The van der Waals surface area contributed by atoms with Gasteiger partial charge in [0.25, 0.3) is 5.56 Å². The van der Waals surface area contributed by atoms with E-state index in [2.05, 4.69) is 27.3 Å². The van der Waals surface area contributed by atoms with Gasteiger partial charge in [0.1, 0.15) is 0 Å². The Balaban J connectivity index is 1.35. The summed E-state index contributed by atoms with van der Waals surface area (Å²) in [6.07, 6.45) is 2.36. The van der Waals surface area contributed by atoms with Crippen LogP contribution in [0.25, 0.3) is 10.9 Å². The van der Waals surface area contributed by atoms with Crippen LogP contribution in [0.15, 0.2) is 53.6 Å². The molecule has 0 aliphatic carbocycles. The van der Waals surface area contributed by atoms with Crippen molar-refractivity contribution in [2.24, 2.45) is 0 Å². The van der Waals surface area contributed by atoms with E-state index in [1.165, 1.54) is 23.6 Å². The largest absolute Gasteiger partial charge is 0.493 e. The molecule has 1 saturated heterocycles. The minimum atomic E-state index is -0.173. The van der Waals surface area contributed by atoms with Crippen LogP contribution in [0.2, 0.25) is 0 Å². The Morgan fingerprint density at radius 1 is 1.11 bits per heavy atom. The molecule has 1 unspecified atom stereocenters. The maximum atomic E-state index is 12.9. The lowest BCUT2D eigenvalue weighted by Gasteiger charge is -2.35. The molecule has 2 aromatic carbocycles. The van der Waals surface area contributed by atoms with Crippen molar-refractivity contribution in [3.63, 3.8) is 0 Å². The Morgan fingerprint density at radius 2 is 1.83 bits per heavy atom. The van der Waals surface area contributed by atoms with Gasteiger partial charge in [0.2, 0.25) is 5.91 Å². The zero-order valence-electron chi connectivity index (χ0n) is 20.2. The van der Waals surface area contributed by atoms with E-state index in [1.54, 1.807) is 19.2 Å². The number of aromatic nitrogens is 2. The summed E-state index contributed by atoms with van der Waals surface area (Å²) in [6.45, 7) is 4.00. The molecule has 0 saturated carbocycles. The Labute approximate surface area is 204 Å². The highest BCUT2D eigenvalue weighted by Crippen LogP contribution is 2.29. The van der Waals surface area contributed by atoms with Crippen LogP contribution in [0, 0.1) is 0 Å². The predicted molar refractivity (Wildman–Crippen MR) is 133 cm³/mol. The van der Waals surface area contributed by atoms with E-state index in [0.717, 1.165) is 13.1 Å². The standard InChI is InChI=1S/C26H32N4O5/c1-33-23-15-20-21(16-24(23)34-2)28-18-30(26(20)32)10-6-9-25(31)27-17-22(19-7-4-3-5-8-19)29-11-13-35-14-12-29/h3-5,7-8,15-16,18,22H,6,9-14,17H2,1-2H3,(H,27,31). The number of ether oxygens (including phenoxy) is 3. The average Bonchev–Trinajstić information content (AvgIpc) is 2.90. The fourth-order valence-corrected chi connectivity index (χ4v) is 4.38. The van der Waals surface area contributed by atoms with Crippen molar-refractivity contribution in [3.05, 3.63) is 64.7 Å². The van der Waals surface area contributed by atoms with Gasteiger partial charge in [-0.25, -0.2) is 4.98 Å². The first-order valence-corrected chi connectivity index (χ1v) is 11.9. The van der Waals surface area contributed by atoms with Gasteiger partial charge < -0.3 is 19.5 Å². The maximum Gasteiger partial charge on any atom is 0.261 e. The zero-order chi connectivity index (χ0) is 24.6. The summed E-state index contributed by atoms with van der Waals surface area (Å²) in [6, 6.07) is 13.6. The third-order valence-corrected chi connectivity index (χ3v) is 6.30. The van der Waals surface area contributed by atoms with Gasteiger partial charge in [-0.3, -0.25) is 19.1 Å². The van der Waals surface area contributed by atoms with Crippen molar-refractivity contribution in [1.82, 2.24) is 19.8 Å². The normalized spacial score (nSPS) is 15.0. The van der Waals surface area contributed by atoms with Gasteiger partial charge in [0, 0.05) is 38.7 Å². The summed E-state index contributed by atoms with van der Waals surface area (Å²) in [4.78, 5) is 32.3. The van der Waals surface area contributed by atoms with E-state index in [0.29, 0.717) is 61.5 Å². The van der Waals surface area contributed by atoms with Crippen molar-refractivity contribution in [3.8, 4) is 11.5 Å². The molecule has 0 spiro atoms. The molecule has 1 amide bonds. The number of benzene rings is 2. The molecular weight excluding hydrogens is 448 g/mol. The fraction of sp³-hybridized carbons (Fsp3) is 0.423. The van der Waals surface area contributed by atoms with Gasteiger partial charge in [0.05, 0.1) is 50.7 Å². The lowest BCUT2D eigenvalue weighted by atomic mass is 10.0. The Bertz CT molecular complexity index is 1190. The number of amides is 1. The van der Waals surface area contributed by atoms with Gasteiger partial charge in [0.15, 0.2) is 11.5 Å². The minimum Gasteiger partial charge on any atom is -0.493 e. The number of carbonyl (C=O) groups is 1. The molecular formula is C26H32N4O5. The van der Waals surface area contributed by atoms with Crippen LogP contribution in [0.5, 0.6) is 11.5 Å². The lowest BCUT2D eigenvalue weighted by molar-refractivity contribution is -0.121. The number of carbonyl (C=O) groups excluding carboxylic acids is 1. The second kappa shape index (κ2) is 11.8. The lowest BCUT2D eigenvalue weighted by Crippen LogP contribution is -2.43. The van der Waals surface area contributed by atoms with E-state index >= 15 is 0 Å². The number of methoxy groups -OCH3 is 2. The molecule has 1 fully saturated rings. The van der Waals surface area contributed by atoms with Crippen molar-refractivity contribution in [1.29, 1.82) is 0 Å². The van der Waals surface area contributed by atoms with Gasteiger partial charge in [-0.2, -0.15) is 0 Å². The Kier molecular flexibility index (Phi) is 8.33. The van der Waals surface area contributed by atoms with Gasteiger partial charge >= 0.3 is 0 Å². The first-order valence-electron chi connectivity index (χ1n) is 11.9. The van der Waals surface area contributed by atoms with Crippen LogP contribution in [0.4, 0.5) is 0 Å². The van der Waals surface area contributed by atoms with Gasteiger partial charge in [-0.15, -0.1) is 0 Å². The third-order valence-electron chi connectivity index (χ3n) is 6.30. The molecule has 3 aromatic rings. The van der Waals surface area contributed by atoms with Crippen molar-refractivity contribution in [2.45, 2.75) is 25.4 Å². The zero-order valence-corrected chi connectivity index (χ0v) is 20.2. The topological polar surface area (TPSA) is 94.9 Å². The first-order chi connectivity index (χ1) is 17.1. The number of nitrogens with zero attached hydrogens (tertiary/aromatic N) is 3. The highest BCUT2D eigenvalue weighted by Gasteiger charge is 2.23. The van der Waals surface area contributed by atoms with Crippen LogP contribution in [-0.2, 0) is 16.1 Å². The molecule has 9 nitrogen and oxygen atoms in total. The fourth-order valence-electron chi connectivity index (χ4n) is 4.38. The molecule has 1 aliphatic heterocycles. The highest BCUT2D eigenvalue weighted by molar-refractivity contribution is 5.81. The molecule has 1 atom stereocenters. The van der Waals surface area contributed by atoms with Gasteiger partial charge in [-0.1, -0.05) is 30.3 Å². The first kappa shape index (κ1) is 24.7. The van der Waals surface area contributed by atoms with Crippen molar-refractivity contribution in [2.75, 3.05) is 47.1 Å². The number of rotatable bonds is 10. The maximum absolute atomic E-state index is 12.9. The number of aryl methyl sites for hydroxylation is 1. The highest BCUT2D eigenvalue weighted by atomic mass is 16.5. The minimum absolute atomic E-state index is 0.0348. The molecule has 2 heterocycles. The summed E-state index contributed by atoms with van der Waals surface area (Å²) in [7, 11) is 3.07. The van der Waals surface area contributed by atoms with Crippen LogP contribution in [0.3, 0.4) is 0 Å². The van der Waals surface area contributed by atoms with E-state index in [4.69, 9.17) is 14.2 Å². The van der Waals surface area contributed by atoms with Crippen molar-refractivity contribution >= 4 is 16.8 Å². The number of fused-ring (bicyclic) bond motifs is 1. The smallest absolute Gasteiger partial charge is 0.261 e. The number of hydrogen-bond donors (Lipinski definition) is 1. The molecule has 1 aromatic heterocycles. The van der Waals surface area contributed by atoms with E-state index in [9.17, 15) is 9.59 Å². The number of nitrogens with one attached hydrogen (secondary N) is 1. The molecule has 0 bridgehead atoms. The molecule has 1 aliphatic rings. The summed E-state index contributed by atoms with van der Waals surface area (Å²) in [5.41, 5.74) is 1.54. The number of hydrogen-bond acceptors (Lipinski definition) is 7. The molecule has 1 N–H and O–H groups in total. The average molecular weight is 481 g/mol. The predicted octanol–water partition coefficient (Wildman–Crippen LogP) is 2.38. The quantitative estimate of drug-likeness (QED) is 0.476. The van der Waals surface area contributed by atoms with E-state index in [-0.39, 0.29) is 17.5 Å². The summed E-state index contributed by atoms with van der Waals surface area (Å²) in [5, 5.41) is 3.53. The molecule has 0 radical (unpaired) electrons. The Morgan fingerprint density at radius 3 is 2.54 bits per heavy atom. The van der Waals surface area contributed by atoms with Crippen LogP contribution >= 0.6 is 0 Å². The Hall–Kier alpha value is -3.43. The molecule has 35 heavy (non-hydrogen) atoms. The summed E-state index contributed by atoms with van der Waals surface area (Å²) >= 11 is 0. The SMILES string of the molecule is COc1cc2ncn(CCCC(=O)NCC(c3ccccc3)N3CCOCC3)c(=O)c2cc1OC. The monoisotopic (exact) mass is 480 g/mol. The van der Waals surface area contributed by atoms with Gasteiger partial charge in [-0.05, 0) is 18.1 Å². The summed E-state index contributed by atoms with van der Waals surface area (Å²) < 4.78 is 17.6. The number of morpholine rings is 1. The molecule has 9 heteroatoms. The second-order valence-corrected chi connectivity index (χ2v) is 8.45. The summed E-state index contributed by atoms with van der Waals surface area (Å²) in [5.74, 6) is 0.962. The third kappa shape index (κ3) is 5.98. The van der Waals surface area contributed by atoms with Crippen molar-refractivity contribution < 1.29 is 19.0 Å². The molecule has 186 valence electrons.